The molecule has 0 amide bonds. The number of hydrogen-bond donors (Lipinski definition) is 2. The van der Waals surface area contributed by atoms with E-state index in [4.69, 9.17) is 5.84 Å². The first-order chi connectivity index (χ1) is 9.93. The van der Waals surface area contributed by atoms with E-state index in [0.717, 1.165) is 18.7 Å². The quantitative estimate of drug-likeness (QED) is 0.483. The summed E-state index contributed by atoms with van der Waals surface area (Å²) in [5, 5.41) is 11.1. The van der Waals surface area contributed by atoms with Gasteiger partial charge in [-0.2, -0.15) is 0 Å². The molecule has 21 heavy (non-hydrogen) atoms. The number of nitrogens with two attached hydrogens (primary N) is 1. The highest BCUT2D eigenvalue weighted by Gasteiger charge is 2.31. The Morgan fingerprint density at radius 2 is 2.19 bits per heavy atom. The Labute approximate surface area is 124 Å². The van der Waals surface area contributed by atoms with Gasteiger partial charge in [0.05, 0.1) is 4.92 Å². The molecule has 1 fully saturated rings. The molecule has 1 aliphatic rings. The predicted octanol–water partition coefficient (Wildman–Crippen LogP) is 1.26. The van der Waals surface area contributed by atoms with Crippen LogP contribution < -0.4 is 11.3 Å². The molecular weight excluding hydrogens is 270 g/mol. The van der Waals surface area contributed by atoms with Crippen LogP contribution in [0.2, 0.25) is 0 Å². The van der Waals surface area contributed by atoms with Gasteiger partial charge in [-0.25, -0.2) is 0 Å². The zero-order chi connectivity index (χ0) is 15.6. The van der Waals surface area contributed by atoms with E-state index < -0.39 is 4.92 Å². The summed E-state index contributed by atoms with van der Waals surface area (Å²) in [6.45, 7) is 4.84. The molecule has 1 aliphatic heterocycles. The number of nitrogens with zero attached hydrogens (tertiary/aromatic N) is 3. The zero-order valence-electron chi connectivity index (χ0n) is 12.7. The maximum Gasteiger partial charge on any atom is 0.293 e. The van der Waals surface area contributed by atoms with Gasteiger partial charge in [0.2, 0.25) is 0 Å². The summed E-state index contributed by atoms with van der Waals surface area (Å²) in [6.07, 6.45) is 0. The van der Waals surface area contributed by atoms with Gasteiger partial charge in [0, 0.05) is 31.7 Å². The number of hydrazine groups is 1. The van der Waals surface area contributed by atoms with E-state index in [-0.39, 0.29) is 5.69 Å². The summed E-state index contributed by atoms with van der Waals surface area (Å²) in [6, 6.07) is 5.57. The van der Waals surface area contributed by atoms with Gasteiger partial charge in [-0.1, -0.05) is 19.1 Å². The van der Waals surface area contributed by atoms with E-state index in [0.29, 0.717) is 24.2 Å². The largest absolute Gasteiger partial charge is 0.318 e. The summed E-state index contributed by atoms with van der Waals surface area (Å²) in [5.41, 5.74) is 3.77. The molecule has 7 heteroatoms. The molecule has 0 bridgehead atoms. The Bertz CT molecular complexity index is 520. The fourth-order valence-electron chi connectivity index (χ4n) is 3.13. The van der Waals surface area contributed by atoms with E-state index in [1.165, 1.54) is 6.07 Å². The topological polar surface area (TPSA) is 87.7 Å². The van der Waals surface area contributed by atoms with Crippen molar-refractivity contribution < 1.29 is 4.92 Å². The Morgan fingerprint density at radius 1 is 1.48 bits per heavy atom. The first-order valence-electron chi connectivity index (χ1n) is 7.05. The second-order valence-electron chi connectivity index (χ2n) is 5.92. The number of anilines is 1. The van der Waals surface area contributed by atoms with E-state index in [2.05, 4.69) is 36.2 Å². The molecule has 1 heterocycles. The van der Waals surface area contributed by atoms with E-state index in [9.17, 15) is 10.1 Å². The lowest BCUT2D eigenvalue weighted by atomic mass is 10.1. The lowest BCUT2D eigenvalue weighted by molar-refractivity contribution is -0.384. The minimum absolute atomic E-state index is 0.0198. The molecule has 7 nitrogen and oxygen atoms in total. The van der Waals surface area contributed by atoms with E-state index in [1.54, 1.807) is 6.07 Å². The van der Waals surface area contributed by atoms with Crippen LogP contribution in [0.5, 0.6) is 0 Å². The third-order valence-corrected chi connectivity index (χ3v) is 4.18. The highest BCUT2D eigenvalue weighted by atomic mass is 16.6. The molecule has 2 atom stereocenters. The van der Waals surface area contributed by atoms with Crippen LogP contribution in [0.3, 0.4) is 0 Å². The molecule has 0 saturated carbocycles. The maximum atomic E-state index is 11.1. The average Bonchev–Trinajstić information content (AvgIpc) is 2.79. The minimum atomic E-state index is -0.409. The van der Waals surface area contributed by atoms with Crippen molar-refractivity contribution in [2.45, 2.75) is 19.5 Å². The maximum absolute atomic E-state index is 11.1. The van der Waals surface area contributed by atoms with Crippen molar-refractivity contribution in [2.75, 3.05) is 32.6 Å². The van der Waals surface area contributed by atoms with Crippen LogP contribution >= 0.6 is 0 Å². The highest BCUT2D eigenvalue weighted by molar-refractivity contribution is 5.65. The molecular formula is C14H23N5O2. The minimum Gasteiger partial charge on any atom is -0.318 e. The van der Waals surface area contributed by atoms with Crippen LogP contribution in [0.4, 0.5) is 11.4 Å². The van der Waals surface area contributed by atoms with Crippen LogP contribution in [0, 0.1) is 16.0 Å². The highest BCUT2D eigenvalue weighted by Crippen LogP contribution is 2.30. The summed E-state index contributed by atoms with van der Waals surface area (Å²) in [7, 11) is 4.18. The van der Waals surface area contributed by atoms with Crippen LogP contribution in [0.15, 0.2) is 18.2 Å². The fourth-order valence-corrected chi connectivity index (χ4v) is 3.13. The molecule has 3 N–H and O–H groups in total. The van der Waals surface area contributed by atoms with Gasteiger partial charge in [-0.3, -0.25) is 20.9 Å². The van der Waals surface area contributed by atoms with Crippen molar-refractivity contribution in [3.05, 3.63) is 33.9 Å². The van der Waals surface area contributed by atoms with Crippen molar-refractivity contribution in [2.24, 2.45) is 11.8 Å². The number of benzene rings is 1. The summed E-state index contributed by atoms with van der Waals surface area (Å²) in [5.74, 6) is 6.06. The number of para-hydroxylation sites is 1. The SMILES string of the molecule is CC1CN(Cc2cccc([N+](=O)[O-])c2NN)CC1N(C)C. The number of hydrogen-bond acceptors (Lipinski definition) is 6. The van der Waals surface area contributed by atoms with Gasteiger partial charge in [0.15, 0.2) is 0 Å². The van der Waals surface area contributed by atoms with Crippen LogP contribution in [-0.4, -0.2) is 47.9 Å². The second-order valence-corrected chi connectivity index (χ2v) is 5.92. The number of likely N-dealkylation sites (tertiary alicyclic amines) is 1. The number of nitrogens with one attached hydrogen (secondary N) is 1. The molecule has 2 unspecified atom stereocenters. The lowest BCUT2D eigenvalue weighted by Gasteiger charge is -2.22. The summed E-state index contributed by atoms with van der Waals surface area (Å²) < 4.78 is 0. The smallest absolute Gasteiger partial charge is 0.293 e. The third-order valence-electron chi connectivity index (χ3n) is 4.18. The van der Waals surface area contributed by atoms with Crippen molar-refractivity contribution in [1.29, 1.82) is 0 Å². The van der Waals surface area contributed by atoms with Gasteiger partial charge < -0.3 is 10.3 Å². The molecule has 0 radical (unpaired) electrons. The van der Waals surface area contributed by atoms with Gasteiger partial charge in [-0.05, 0) is 25.6 Å². The number of nitro groups is 1. The Hall–Kier alpha value is -1.70. The summed E-state index contributed by atoms with van der Waals surface area (Å²) in [4.78, 5) is 15.2. The monoisotopic (exact) mass is 293 g/mol. The van der Waals surface area contributed by atoms with Crippen molar-refractivity contribution in [3.63, 3.8) is 0 Å². The molecule has 2 rings (SSSR count). The van der Waals surface area contributed by atoms with Gasteiger partial charge in [0.25, 0.3) is 5.69 Å². The molecule has 116 valence electrons. The van der Waals surface area contributed by atoms with Gasteiger partial charge in [0.1, 0.15) is 5.69 Å². The van der Waals surface area contributed by atoms with Gasteiger partial charge >= 0.3 is 0 Å². The zero-order valence-corrected chi connectivity index (χ0v) is 12.7. The van der Waals surface area contributed by atoms with E-state index >= 15 is 0 Å². The van der Waals surface area contributed by atoms with Crippen molar-refractivity contribution in [3.8, 4) is 0 Å². The normalized spacial score (nSPS) is 22.7. The molecule has 0 spiro atoms. The summed E-state index contributed by atoms with van der Waals surface area (Å²) >= 11 is 0. The average molecular weight is 293 g/mol. The molecule has 0 aliphatic carbocycles. The van der Waals surface area contributed by atoms with Gasteiger partial charge in [-0.15, -0.1) is 0 Å². The molecule has 1 aromatic rings. The molecule has 0 aromatic heterocycles. The van der Waals surface area contributed by atoms with E-state index in [1.807, 2.05) is 6.07 Å². The van der Waals surface area contributed by atoms with Crippen molar-refractivity contribution in [1.82, 2.24) is 9.80 Å². The lowest BCUT2D eigenvalue weighted by Crippen LogP contribution is -2.34. The standard InChI is InChI=1S/C14H23N5O2/c1-10-7-18(9-13(10)17(2)3)8-11-5-4-6-12(19(20)21)14(11)16-15/h4-6,10,13,16H,7-9,15H2,1-3H3. The number of likely N-dealkylation sites (N-methyl/N-ethyl adjacent to an activating group) is 1. The van der Waals surface area contributed by atoms with Crippen LogP contribution in [0.25, 0.3) is 0 Å². The van der Waals surface area contributed by atoms with Crippen LogP contribution in [-0.2, 0) is 6.54 Å². The number of nitrogen functional groups attached to an aromatic ring is 1. The third kappa shape index (κ3) is 3.31. The Balaban J connectivity index is 2.17. The molecule has 1 aromatic carbocycles. The second kappa shape index (κ2) is 6.38. The Kier molecular flexibility index (Phi) is 4.76. The van der Waals surface area contributed by atoms with Crippen molar-refractivity contribution >= 4 is 11.4 Å². The Morgan fingerprint density at radius 3 is 2.71 bits per heavy atom. The predicted molar refractivity (Wildman–Crippen MR) is 82.8 cm³/mol. The molecule has 1 saturated heterocycles. The number of nitro benzene ring substituents is 1. The van der Waals surface area contributed by atoms with Crippen LogP contribution in [0.1, 0.15) is 12.5 Å². The first-order valence-corrected chi connectivity index (χ1v) is 7.05. The fraction of sp³-hybridized carbons (Fsp3) is 0.571. The number of rotatable bonds is 5. The first kappa shape index (κ1) is 15.7.